The summed E-state index contributed by atoms with van der Waals surface area (Å²) in [6.07, 6.45) is 3.03. The van der Waals surface area contributed by atoms with Crippen molar-refractivity contribution in [3.8, 4) is 11.3 Å². The SMILES string of the molecule is COC(=O)c1ccc2nc(-c3ccc(F)cc3)c(N(C)[C@H]3CC[C@H](N(C)C(=O)OC(C)(C)C)CC3)nc2c1. The van der Waals surface area contributed by atoms with Gasteiger partial charge in [0.2, 0.25) is 0 Å². The molecule has 1 heterocycles. The summed E-state index contributed by atoms with van der Waals surface area (Å²) in [5.41, 5.74) is 2.43. The van der Waals surface area contributed by atoms with Crippen molar-refractivity contribution in [2.45, 2.75) is 64.1 Å². The van der Waals surface area contributed by atoms with Gasteiger partial charge in [-0.05, 0) is 88.9 Å². The second-order valence-electron chi connectivity index (χ2n) is 10.8. The van der Waals surface area contributed by atoms with Crippen LogP contribution in [0.4, 0.5) is 15.0 Å². The first kappa shape index (κ1) is 27.3. The molecule has 202 valence electrons. The summed E-state index contributed by atoms with van der Waals surface area (Å²) >= 11 is 0. The van der Waals surface area contributed by atoms with E-state index in [0.29, 0.717) is 28.1 Å². The average Bonchev–Trinajstić information content (AvgIpc) is 2.90. The maximum atomic E-state index is 13.7. The van der Waals surface area contributed by atoms with Crippen LogP contribution in [-0.4, -0.2) is 65.8 Å². The van der Waals surface area contributed by atoms with E-state index in [9.17, 15) is 14.0 Å². The summed E-state index contributed by atoms with van der Waals surface area (Å²) < 4.78 is 24.1. The minimum Gasteiger partial charge on any atom is -0.465 e. The van der Waals surface area contributed by atoms with Gasteiger partial charge in [0.05, 0.1) is 23.7 Å². The van der Waals surface area contributed by atoms with Crippen molar-refractivity contribution < 1.29 is 23.5 Å². The molecule has 2 aromatic carbocycles. The quantitative estimate of drug-likeness (QED) is 0.389. The molecule has 0 radical (unpaired) electrons. The van der Waals surface area contributed by atoms with Gasteiger partial charge in [-0.2, -0.15) is 0 Å². The van der Waals surface area contributed by atoms with Crippen LogP contribution in [0.5, 0.6) is 0 Å². The number of aromatic nitrogens is 2. The van der Waals surface area contributed by atoms with Gasteiger partial charge in [-0.25, -0.2) is 23.9 Å². The number of carbonyl (C=O) groups excluding carboxylic acids is 2. The number of nitrogens with zero attached hydrogens (tertiary/aromatic N) is 4. The number of methoxy groups -OCH3 is 1. The van der Waals surface area contributed by atoms with Crippen LogP contribution in [0.1, 0.15) is 56.8 Å². The minimum absolute atomic E-state index is 0.0939. The number of benzene rings is 2. The molecule has 1 aliphatic carbocycles. The Morgan fingerprint density at radius 1 is 0.921 bits per heavy atom. The number of ether oxygens (including phenoxy) is 2. The normalized spacial score (nSPS) is 17.7. The summed E-state index contributed by atoms with van der Waals surface area (Å²) in [7, 11) is 5.12. The number of carbonyl (C=O) groups is 2. The van der Waals surface area contributed by atoms with Gasteiger partial charge < -0.3 is 19.3 Å². The highest BCUT2D eigenvalue weighted by Crippen LogP contribution is 2.34. The van der Waals surface area contributed by atoms with Crippen LogP contribution < -0.4 is 4.90 Å². The molecular formula is C29H35FN4O4. The molecule has 0 unspecified atom stereocenters. The topological polar surface area (TPSA) is 84.9 Å². The van der Waals surface area contributed by atoms with E-state index in [4.69, 9.17) is 19.4 Å². The summed E-state index contributed by atoms with van der Waals surface area (Å²) in [6, 6.07) is 11.5. The van der Waals surface area contributed by atoms with Crippen molar-refractivity contribution in [3.63, 3.8) is 0 Å². The summed E-state index contributed by atoms with van der Waals surface area (Å²) in [4.78, 5) is 38.3. The maximum Gasteiger partial charge on any atom is 0.410 e. The third-order valence-electron chi connectivity index (χ3n) is 6.96. The first-order chi connectivity index (χ1) is 18.0. The highest BCUT2D eigenvalue weighted by Gasteiger charge is 2.32. The molecule has 0 aliphatic heterocycles. The molecule has 1 aromatic heterocycles. The molecule has 1 amide bonds. The average molecular weight is 523 g/mol. The number of halogens is 1. The number of amides is 1. The van der Waals surface area contributed by atoms with Gasteiger partial charge in [0.25, 0.3) is 0 Å². The molecule has 1 aliphatic rings. The highest BCUT2D eigenvalue weighted by atomic mass is 19.1. The Hall–Kier alpha value is -3.75. The Morgan fingerprint density at radius 2 is 1.55 bits per heavy atom. The predicted molar refractivity (Wildman–Crippen MR) is 145 cm³/mol. The Balaban J connectivity index is 1.62. The third-order valence-corrected chi connectivity index (χ3v) is 6.96. The van der Waals surface area contributed by atoms with Crippen LogP contribution in [-0.2, 0) is 9.47 Å². The number of rotatable bonds is 5. The van der Waals surface area contributed by atoms with Gasteiger partial charge in [-0.1, -0.05) is 0 Å². The Kier molecular flexibility index (Phi) is 7.85. The van der Waals surface area contributed by atoms with Crippen LogP contribution in [0.2, 0.25) is 0 Å². The second-order valence-corrected chi connectivity index (χ2v) is 10.8. The standard InChI is InChI=1S/C29H35FN4O4/c1-29(2,3)38-28(36)34(5)22-14-12-21(13-15-22)33(4)26-25(18-7-10-20(30)11-8-18)31-23-16-9-19(27(35)37-6)17-24(23)32-26/h7-11,16-17,21-22H,12-15H2,1-6H3/t21-,22-. The first-order valence-corrected chi connectivity index (χ1v) is 12.8. The van der Waals surface area contributed by atoms with E-state index in [2.05, 4.69) is 4.90 Å². The maximum absolute atomic E-state index is 13.7. The van der Waals surface area contributed by atoms with Crippen LogP contribution >= 0.6 is 0 Å². The summed E-state index contributed by atoms with van der Waals surface area (Å²) in [5.74, 6) is -0.124. The third kappa shape index (κ3) is 6.03. The van der Waals surface area contributed by atoms with Crippen LogP contribution in [0.25, 0.3) is 22.3 Å². The van der Waals surface area contributed by atoms with E-state index in [0.717, 1.165) is 31.2 Å². The number of hydrogen-bond acceptors (Lipinski definition) is 7. The molecule has 3 aromatic rings. The predicted octanol–water partition coefficient (Wildman–Crippen LogP) is 5.84. The van der Waals surface area contributed by atoms with E-state index in [1.165, 1.54) is 19.2 Å². The summed E-state index contributed by atoms with van der Waals surface area (Å²) in [5, 5.41) is 0. The monoisotopic (exact) mass is 522 g/mol. The Labute approximate surface area is 222 Å². The lowest BCUT2D eigenvalue weighted by atomic mass is 9.89. The minimum atomic E-state index is -0.540. The molecule has 0 N–H and O–H groups in total. The molecule has 1 fully saturated rings. The van der Waals surface area contributed by atoms with Crippen molar-refractivity contribution in [2.24, 2.45) is 0 Å². The van der Waals surface area contributed by atoms with Gasteiger partial charge in [0, 0.05) is 31.7 Å². The van der Waals surface area contributed by atoms with E-state index in [1.807, 2.05) is 27.8 Å². The molecule has 0 saturated heterocycles. The number of fused-ring (bicyclic) bond motifs is 1. The molecule has 38 heavy (non-hydrogen) atoms. The van der Waals surface area contributed by atoms with E-state index in [-0.39, 0.29) is 24.0 Å². The van der Waals surface area contributed by atoms with Crippen LogP contribution in [0.15, 0.2) is 42.5 Å². The number of esters is 1. The lowest BCUT2D eigenvalue weighted by Crippen LogP contribution is -2.45. The molecule has 4 rings (SSSR count). The van der Waals surface area contributed by atoms with Gasteiger partial charge in [0.1, 0.15) is 17.1 Å². The number of hydrogen-bond donors (Lipinski definition) is 0. The lowest BCUT2D eigenvalue weighted by Gasteiger charge is -2.39. The zero-order valence-electron chi connectivity index (χ0n) is 22.8. The molecule has 0 bridgehead atoms. The number of anilines is 1. The molecule has 8 nitrogen and oxygen atoms in total. The zero-order valence-corrected chi connectivity index (χ0v) is 22.8. The van der Waals surface area contributed by atoms with E-state index >= 15 is 0 Å². The summed E-state index contributed by atoms with van der Waals surface area (Å²) in [6.45, 7) is 5.59. The van der Waals surface area contributed by atoms with Crippen molar-refractivity contribution in [1.29, 1.82) is 0 Å². The van der Waals surface area contributed by atoms with E-state index in [1.54, 1.807) is 42.3 Å². The van der Waals surface area contributed by atoms with Gasteiger partial charge in [0.15, 0.2) is 5.82 Å². The van der Waals surface area contributed by atoms with Gasteiger partial charge in [-0.15, -0.1) is 0 Å². The fourth-order valence-corrected chi connectivity index (χ4v) is 4.83. The largest absolute Gasteiger partial charge is 0.465 e. The highest BCUT2D eigenvalue weighted by molar-refractivity contribution is 5.94. The van der Waals surface area contributed by atoms with Crippen LogP contribution in [0, 0.1) is 5.82 Å². The van der Waals surface area contributed by atoms with Crippen molar-refractivity contribution in [2.75, 3.05) is 26.1 Å². The zero-order chi connectivity index (χ0) is 27.6. The Morgan fingerprint density at radius 3 is 2.16 bits per heavy atom. The fourth-order valence-electron chi connectivity index (χ4n) is 4.83. The lowest BCUT2D eigenvalue weighted by molar-refractivity contribution is 0.0183. The smallest absolute Gasteiger partial charge is 0.410 e. The molecule has 0 spiro atoms. The van der Waals surface area contributed by atoms with Gasteiger partial charge in [-0.3, -0.25) is 0 Å². The molecule has 9 heteroatoms. The van der Waals surface area contributed by atoms with Crippen LogP contribution in [0.3, 0.4) is 0 Å². The van der Waals surface area contributed by atoms with Crippen molar-refractivity contribution in [3.05, 3.63) is 53.8 Å². The Bertz CT molecular complexity index is 1310. The van der Waals surface area contributed by atoms with Crippen molar-refractivity contribution >= 4 is 28.9 Å². The second kappa shape index (κ2) is 10.9. The molecule has 0 atom stereocenters. The molecular weight excluding hydrogens is 487 g/mol. The fraction of sp³-hybridized carbons (Fsp3) is 0.448. The van der Waals surface area contributed by atoms with Crippen molar-refractivity contribution in [1.82, 2.24) is 14.9 Å². The van der Waals surface area contributed by atoms with Gasteiger partial charge >= 0.3 is 12.1 Å². The molecule has 1 saturated carbocycles. The first-order valence-electron chi connectivity index (χ1n) is 12.8. The van der Waals surface area contributed by atoms with E-state index < -0.39 is 11.6 Å².